The molecule has 194 valence electrons. The molecule has 0 bridgehead atoms. The first-order valence-corrected chi connectivity index (χ1v) is 12.5. The number of alkyl carbamates (subject to hydrolysis) is 1. The Kier molecular flexibility index (Phi) is 8.67. The normalized spacial score (nSPS) is 13.9. The van der Waals surface area contributed by atoms with Crippen LogP contribution in [-0.4, -0.2) is 52.6 Å². The van der Waals surface area contributed by atoms with Crippen LogP contribution in [0.25, 0.3) is 0 Å². The van der Waals surface area contributed by atoms with Crippen LogP contribution in [0.5, 0.6) is 0 Å². The molecule has 3 rings (SSSR count). The van der Waals surface area contributed by atoms with Crippen LogP contribution in [0.2, 0.25) is 0 Å². The summed E-state index contributed by atoms with van der Waals surface area (Å²) in [6, 6.07) is 6.90. The molecule has 0 aliphatic carbocycles. The first-order valence-electron chi connectivity index (χ1n) is 11.7. The lowest BCUT2D eigenvalue weighted by Gasteiger charge is -2.31. The maximum absolute atomic E-state index is 13.5. The molecule has 2 heterocycles. The first kappa shape index (κ1) is 27.1. The summed E-state index contributed by atoms with van der Waals surface area (Å²) in [5.41, 5.74) is 0.850. The number of carbonyl (C=O) groups excluding carboxylic acids is 3. The lowest BCUT2D eigenvalue weighted by Crippen LogP contribution is -2.51. The van der Waals surface area contributed by atoms with Crippen molar-refractivity contribution in [1.82, 2.24) is 10.2 Å². The van der Waals surface area contributed by atoms with Crippen molar-refractivity contribution in [2.24, 2.45) is 0 Å². The summed E-state index contributed by atoms with van der Waals surface area (Å²) in [5.74, 6) is -0.559. The Morgan fingerprint density at radius 2 is 1.92 bits per heavy atom. The van der Waals surface area contributed by atoms with Crippen LogP contribution in [0.3, 0.4) is 0 Å². The van der Waals surface area contributed by atoms with Gasteiger partial charge in [-0.3, -0.25) is 19.7 Å². The quantitative estimate of drug-likeness (QED) is 0.321. The molecule has 1 atom stereocenters. The summed E-state index contributed by atoms with van der Waals surface area (Å²) >= 11 is 1.55. The first-order chi connectivity index (χ1) is 16.9. The Hall–Kier alpha value is -3.47. The van der Waals surface area contributed by atoms with Gasteiger partial charge in [0.05, 0.1) is 18.0 Å². The van der Waals surface area contributed by atoms with Crippen LogP contribution in [0, 0.1) is 10.1 Å². The minimum atomic E-state index is -0.916. The van der Waals surface area contributed by atoms with E-state index in [1.807, 2.05) is 6.07 Å². The monoisotopic (exact) mass is 517 g/mol. The molecule has 0 unspecified atom stereocenters. The zero-order valence-electron chi connectivity index (χ0n) is 20.9. The van der Waals surface area contributed by atoms with Gasteiger partial charge in [0.15, 0.2) is 0 Å². The van der Waals surface area contributed by atoms with Gasteiger partial charge >= 0.3 is 12.1 Å². The van der Waals surface area contributed by atoms with Gasteiger partial charge in [0.25, 0.3) is 5.69 Å². The van der Waals surface area contributed by atoms with Crippen LogP contribution in [0.1, 0.15) is 48.6 Å². The number of rotatable bonds is 8. The van der Waals surface area contributed by atoms with Gasteiger partial charge in [0.2, 0.25) is 5.91 Å². The van der Waals surface area contributed by atoms with Crippen molar-refractivity contribution in [3.05, 3.63) is 61.3 Å². The van der Waals surface area contributed by atoms with Gasteiger partial charge in [-0.25, -0.2) is 4.79 Å². The number of ether oxygens (including phenoxy) is 2. The maximum atomic E-state index is 13.5. The Bertz CT molecular complexity index is 1120. The smallest absolute Gasteiger partial charge is 0.408 e. The highest BCUT2D eigenvalue weighted by Gasteiger charge is 2.31. The standard InChI is InChI=1S/C25H31N3O7S/c1-5-34-22(29)14-19-13-17-15-27(11-10-21(17)36-19)23(30)20(26-24(31)35-25(2,3)4)12-16-6-8-18(9-7-16)28(32)33/h6-9,13,20H,5,10-12,14-15H2,1-4H3,(H,26,31)/t20-/m0/s1. The topological polar surface area (TPSA) is 128 Å². The number of thiophene rings is 1. The number of non-ortho nitro benzene ring substituents is 1. The van der Waals surface area contributed by atoms with Crippen LogP contribution in [0.15, 0.2) is 30.3 Å². The molecule has 1 aromatic carbocycles. The lowest BCUT2D eigenvalue weighted by molar-refractivity contribution is -0.384. The average molecular weight is 518 g/mol. The highest BCUT2D eigenvalue weighted by molar-refractivity contribution is 7.12. The number of benzene rings is 1. The zero-order valence-corrected chi connectivity index (χ0v) is 21.7. The molecule has 1 aliphatic rings. The molecule has 11 heteroatoms. The highest BCUT2D eigenvalue weighted by atomic mass is 32.1. The van der Waals surface area contributed by atoms with Gasteiger partial charge in [0.1, 0.15) is 11.6 Å². The SMILES string of the molecule is CCOC(=O)Cc1cc2c(s1)CCN(C(=O)[C@H](Cc1ccc([N+](=O)[O-])cc1)NC(=O)OC(C)(C)C)C2. The van der Waals surface area contributed by atoms with Gasteiger partial charge in [-0.15, -0.1) is 11.3 Å². The molecule has 10 nitrogen and oxygen atoms in total. The average Bonchev–Trinajstić information content (AvgIpc) is 3.18. The van der Waals surface area contributed by atoms with Crippen molar-refractivity contribution in [2.45, 2.75) is 65.1 Å². The van der Waals surface area contributed by atoms with Gasteiger partial charge in [-0.05, 0) is 51.3 Å². The molecule has 1 aliphatic heterocycles. The molecule has 0 saturated carbocycles. The number of amides is 2. The molecule has 0 radical (unpaired) electrons. The number of nitrogens with one attached hydrogen (secondary N) is 1. The Balaban J connectivity index is 1.75. The van der Waals surface area contributed by atoms with E-state index in [1.165, 1.54) is 12.1 Å². The van der Waals surface area contributed by atoms with Crippen molar-refractivity contribution in [3.8, 4) is 0 Å². The van der Waals surface area contributed by atoms with Gasteiger partial charge in [-0.1, -0.05) is 12.1 Å². The fourth-order valence-corrected chi connectivity index (χ4v) is 5.04. The minimum Gasteiger partial charge on any atom is -0.466 e. The van der Waals surface area contributed by atoms with Crippen LogP contribution >= 0.6 is 11.3 Å². The van der Waals surface area contributed by atoms with Crippen molar-refractivity contribution in [2.75, 3.05) is 13.2 Å². The van der Waals surface area contributed by atoms with E-state index in [1.54, 1.807) is 56.1 Å². The van der Waals surface area contributed by atoms with Gasteiger partial charge in [0, 0.05) is 41.4 Å². The molecular weight excluding hydrogens is 486 g/mol. The molecule has 0 fully saturated rings. The van der Waals surface area contributed by atoms with E-state index >= 15 is 0 Å². The van der Waals surface area contributed by atoms with Crippen molar-refractivity contribution < 1.29 is 28.8 Å². The van der Waals surface area contributed by atoms with Crippen LogP contribution < -0.4 is 5.32 Å². The second-order valence-corrected chi connectivity index (χ2v) is 10.7. The summed E-state index contributed by atoms with van der Waals surface area (Å²) < 4.78 is 10.4. The van der Waals surface area contributed by atoms with E-state index in [-0.39, 0.29) is 30.4 Å². The summed E-state index contributed by atoms with van der Waals surface area (Å²) in [6.45, 7) is 8.12. The molecule has 1 N–H and O–H groups in total. The van der Waals surface area contributed by atoms with E-state index in [2.05, 4.69) is 5.32 Å². The van der Waals surface area contributed by atoms with Crippen LogP contribution in [-0.2, 0) is 44.9 Å². The summed E-state index contributed by atoms with van der Waals surface area (Å²) in [7, 11) is 0. The van der Waals surface area contributed by atoms with Gasteiger partial charge < -0.3 is 19.7 Å². The van der Waals surface area contributed by atoms with Crippen molar-refractivity contribution in [1.29, 1.82) is 0 Å². The number of nitrogens with zero attached hydrogens (tertiary/aromatic N) is 2. The Labute approximate surface area is 213 Å². The van der Waals surface area contributed by atoms with Gasteiger partial charge in [-0.2, -0.15) is 0 Å². The summed E-state index contributed by atoms with van der Waals surface area (Å²) in [4.78, 5) is 52.1. The molecule has 2 amide bonds. The predicted octanol–water partition coefficient (Wildman–Crippen LogP) is 3.78. The second kappa shape index (κ2) is 11.5. The third kappa shape index (κ3) is 7.51. The number of hydrogen-bond donors (Lipinski definition) is 1. The molecular formula is C25H31N3O7S. The summed E-state index contributed by atoms with van der Waals surface area (Å²) in [5, 5.41) is 13.6. The van der Waals surface area contributed by atoms with E-state index in [9.17, 15) is 24.5 Å². The Morgan fingerprint density at radius 3 is 2.53 bits per heavy atom. The van der Waals surface area contributed by atoms with Crippen molar-refractivity contribution in [3.63, 3.8) is 0 Å². The number of carbonyl (C=O) groups is 3. The zero-order chi connectivity index (χ0) is 26.5. The van der Waals surface area contributed by atoms with E-state index in [4.69, 9.17) is 9.47 Å². The largest absolute Gasteiger partial charge is 0.466 e. The fraction of sp³-hybridized carbons (Fsp3) is 0.480. The third-order valence-electron chi connectivity index (χ3n) is 5.43. The van der Waals surface area contributed by atoms with E-state index in [0.29, 0.717) is 31.7 Å². The molecule has 0 saturated heterocycles. The van der Waals surface area contributed by atoms with E-state index < -0.39 is 22.7 Å². The van der Waals surface area contributed by atoms with E-state index in [0.717, 1.165) is 15.3 Å². The molecule has 2 aromatic rings. The number of fused-ring (bicyclic) bond motifs is 1. The minimum absolute atomic E-state index is 0.0543. The number of hydrogen-bond acceptors (Lipinski definition) is 8. The molecule has 0 spiro atoms. The lowest BCUT2D eigenvalue weighted by atomic mass is 10.0. The fourth-order valence-electron chi connectivity index (χ4n) is 3.88. The third-order valence-corrected chi connectivity index (χ3v) is 6.67. The highest BCUT2D eigenvalue weighted by Crippen LogP contribution is 2.29. The second-order valence-electron chi connectivity index (χ2n) is 9.48. The molecule has 1 aromatic heterocycles. The number of esters is 1. The van der Waals surface area contributed by atoms with Crippen molar-refractivity contribution >= 4 is 35.0 Å². The summed E-state index contributed by atoms with van der Waals surface area (Å²) in [6.07, 6.45) is 0.276. The number of nitro groups is 1. The molecule has 36 heavy (non-hydrogen) atoms. The maximum Gasteiger partial charge on any atom is 0.408 e. The Morgan fingerprint density at radius 1 is 1.22 bits per heavy atom. The number of nitro benzene ring substituents is 1. The predicted molar refractivity (Wildman–Crippen MR) is 134 cm³/mol. The van der Waals surface area contributed by atoms with Crippen LogP contribution in [0.4, 0.5) is 10.5 Å².